The maximum absolute atomic E-state index is 12.0. The first-order chi connectivity index (χ1) is 10.6. The Morgan fingerprint density at radius 2 is 1.91 bits per heavy atom. The predicted molar refractivity (Wildman–Crippen MR) is 85.0 cm³/mol. The maximum Gasteiger partial charge on any atom is 0.279 e. The number of aromatic nitrogens is 2. The quantitative estimate of drug-likeness (QED) is 0.712. The van der Waals surface area contributed by atoms with Crippen LogP contribution in [-0.4, -0.2) is 21.6 Å². The third-order valence-corrected chi connectivity index (χ3v) is 4.23. The summed E-state index contributed by atoms with van der Waals surface area (Å²) in [5.41, 5.74) is 6.45. The predicted octanol–water partition coefficient (Wildman–Crippen LogP) is 2.18. The summed E-state index contributed by atoms with van der Waals surface area (Å²) in [6, 6.07) is 11.5. The number of amides is 2. The van der Waals surface area contributed by atoms with Gasteiger partial charge < -0.3 is 0 Å². The first-order valence-electron chi connectivity index (χ1n) is 6.68. The van der Waals surface area contributed by atoms with Gasteiger partial charge in [0.15, 0.2) is 0 Å². The Morgan fingerprint density at radius 3 is 2.59 bits per heavy atom. The number of hydrazine groups is 1. The van der Waals surface area contributed by atoms with Gasteiger partial charge in [0.2, 0.25) is 5.91 Å². The van der Waals surface area contributed by atoms with Crippen molar-refractivity contribution in [1.29, 1.82) is 0 Å². The largest absolute Gasteiger partial charge is 0.279 e. The van der Waals surface area contributed by atoms with Gasteiger partial charge in [0.05, 0.1) is 16.3 Å². The minimum Gasteiger partial charge on any atom is -0.274 e. The molecule has 3 rings (SSSR count). The standard InChI is InChI=1S/C15H14N4O2S/c1-9-12-8-13(14(21)17-16-10(2)20)22-15(12)19(18-9)11-6-4-3-5-7-11/h3-8H,1-2H3,(H,16,20)(H,17,21). The van der Waals surface area contributed by atoms with Crippen molar-refractivity contribution >= 4 is 33.4 Å². The van der Waals surface area contributed by atoms with Crippen LogP contribution in [0.4, 0.5) is 0 Å². The molecule has 1 aromatic carbocycles. The molecule has 22 heavy (non-hydrogen) atoms. The maximum atomic E-state index is 12.0. The fourth-order valence-electron chi connectivity index (χ4n) is 2.11. The lowest BCUT2D eigenvalue weighted by molar-refractivity contribution is -0.119. The number of carbonyl (C=O) groups excluding carboxylic acids is 2. The second-order valence-electron chi connectivity index (χ2n) is 4.80. The third-order valence-electron chi connectivity index (χ3n) is 3.12. The van der Waals surface area contributed by atoms with Gasteiger partial charge in [-0.25, -0.2) is 4.68 Å². The first-order valence-corrected chi connectivity index (χ1v) is 7.49. The van der Waals surface area contributed by atoms with E-state index in [1.54, 1.807) is 6.07 Å². The molecular weight excluding hydrogens is 300 g/mol. The third kappa shape index (κ3) is 2.58. The van der Waals surface area contributed by atoms with Crippen molar-refractivity contribution in [2.75, 3.05) is 0 Å². The zero-order chi connectivity index (χ0) is 15.7. The van der Waals surface area contributed by atoms with Crippen LogP contribution in [0.3, 0.4) is 0 Å². The summed E-state index contributed by atoms with van der Waals surface area (Å²) in [5, 5.41) is 5.45. The van der Waals surface area contributed by atoms with Crippen molar-refractivity contribution < 1.29 is 9.59 Å². The summed E-state index contributed by atoms with van der Waals surface area (Å²) in [4.78, 5) is 24.3. The summed E-state index contributed by atoms with van der Waals surface area (Å²) >= 11 is 1.34. The van der Waals surface area contributed by atoms with Gasteiger partial charge in [-0.05, 0) is 25.1 Å². The number of benzene rings is 1. The summed E-state index contributed by atoms with van der Waals surface area (Å²) in [5.74, 6) is -0.656. The van der Waals surface area contributed by atoms with Gasteiger partial charge in [0.1, 0.15) is 4.83 Å². The van der Waals surface area contributed by atoms with Gasteiger partial charge in [0.25, 0.3) is 5.91 Å². The molecule has 6 nitrogen and oxygen atoms in total. The highest BCUT2D eigenvalue weighted by molar-refractivity contribution is 7.20. The Labute approximate surface area is 130 Å². The number of hydrogen-bond donors (Lipinski definition) is 2. The van der Waals surface area contributed by atoms with Crippen LogP contribution < -0.4 is 10.9 Å². The van der Waals surface area contributed by atoms with Crippen LogP contribution in [0.5, 0.6) is 0 Å². The molecule has 3 aromatic rings. The molecule has 2 N–H and O–H groups in total. The highest BCUT2D eigenvalue weighted by Crippen LogP contribution is 2.30. The minimum atomic E-state index is -0.338. The minimum absolute atomic E-state index is 0.318. The lowest BCUT2D eigenvalue weighted by Gasteiger charge is -2.03. The molecule has 0 atom stereocenters. The molecule has 0 unspecified atom stereocenters. The van der Waals surface area contributed by atoms with E-state index in [9.17, 15) is 9.59 Å². The second kappa shape index (κ2) is 5.61. The van der Waals surface area contributed by atoms with E-state index < -0.39 is 0 Å². The van der Waals surface area contributed by atoms with Crippen molar-refractivity contribution in [3.05, 3.63) is 47.0 Å². The van der Waals surface area contributed by atoms with Gasteiger partial charge >= 0.3 is 0 Å². The molecule has 2 heterocycles. The number of fused-ring (bicyclic) bond motifs is 1. The molecule has 0 spiro atoms. The number of para-hydroxylation sites is 1. The van der Waals surface area contributed by atoms with E-state index in [0.29, 0.717) is 4.88 Å². The highest BCUT2D eigenvalue weighted by Gasteiger charge is 2.17. The molecule has 0 aliphatic carbocycles. The lowest BCUT2D eigenvalue weighted by atomic mass is 10.3. The molecular formula is C15H14N4O2S. The SMILES string of the molecule is CC(=O)NNC(=O)c1cc2c(C)nn(-c3ccccc3)c2s1. The van der Waals surface area contributed by atoms with Gasteiger partial charge in [-0.3, -0.25) is 20.4 Å². The van der Waals surface area contributed by atoms with Crippen molar-refractivity contribution in [2.45, 2.75) is 13.8 Å². The molecule has 0 aliphatic heterocycles. The zero-order valence-corrected chi connectivity index (χ0v) is 12.9. The van der Waals surface area contributed by atoms with Crippen LogP contribution in [0.25, 0.3) is 15.9 Å². The molecule has 2 amide bonds. The van der Waals surface area contributed by atoms with E-state index in [1.807, 2.05) is 41.9 Å². The molecule has 0 saturated carbocycles. The van der Waals surface area contributed by atoms with Gasteiger partial charge in [-0.2, -0.15) is 5.10 Å². The van der Waals surface area contributed by atoms with E-state index in [1.165, 1.54) is 18.3 Å². The Hall–Kier alpha value is -2.67. The van der Waals surface area contributed by atoms with Crippen LogP contribution in [0.1, 0.15) is 22.3 Å². The Kier molecular flexibility index (Phi) is 3.64. The average Bonchev–Trinajstić information content (AvgIpc) is 3.07. The summed E-state index contributed by atoms with van der Waals surface area (Å²) in [6.07, 6.45) is 0. The monoisotopic (exact) mass is 314 g/mol. The van der Waals surface area contributed by atoms with Crippen LogP contribution in [-0.2, 0) is 4.79 Å². The van der Waals surface area contributed by atoms with Crippen molar-refractivity contribution in [3.63, 3.8) is 0 Å². The van der Waals surface area contributed by atoms with Crippen molar-refractivity contribution in [3.8, 4) is 5.69 Å². The smallest absolute Gasteiger partial charge is 0.274 e. The number of rotatable bonds is 2. The van der Waals surface area contributed by atoms with Crippen LogP contribution in [0, 0.1) is 6.92 Å². The fraction of sp³-hybridized carbons (Fsp3) is 0.133. The van der Waals surface area contributed by atoms with Crippen LogP contribution in [0.2, 0.25) is 0 Å². The van der Waals surface area contributed by atoms with E-state index in [-0.39, 0.29) is 11.8 Å². The fourth-order valence-corrected chi connectivity index (χ4v) is 3.19. The molecule has 0 aliphatic rings. The molecule has 0 bridgehead atoms. The van der Waals surface area contributed by atoms with Gasteiger partial charge in [-0.1, -0.05) is 18.2 Å². The van der Waals surface area contributed by atoms with Crippen LogP contribution in [0.15, 0.2) is 36.4 Å². The van der Waals surface area contributed by atoms with Crippen LogP contribution >= 0.6 is 11.3 Å². The molecule has 112 valence electrons. The normalized spacial score (nSPS) is 10.6. The molecule has 2 aromatic heterocycles. The summed E-state index contributed by atoms with van der Waals surface area (Å²) in [7, 11) is 0. The zero-order valence-electron chi connectivity index (χ0n) is 12.1. The average molecular weight is 314 g/mol. The molecule has 0 saturated heterocycles. The second-order valence-corrected chi connectivity index (χ2v) is 5.83. The Morgan fingerprint density at radius 1 is 1.18 bits per heavy atom. The number of thiophene rings is 1. The highest BCUT2D eigenvalue weighted by atomic mass is 32.1. The van der Waals surface area contributed by atoms with Gasteiger partial charge in [0, 0.05) is 12.3 Å². The first kappa shape index (κ1) is 14.3. The molecule has 7 heteroatoms. The molecule has 0 fully saturated rings. The van der Waals surface area contributed by atoms with Crippen molar-refractivity contribution in [2.24, 2.45) is 0 Å². The Balaban J connectivity index is 2.00. The number of nitrogens with zero attached hydrogens (tertiary/aromatic N) is 2. The summed E-state index contributed by atoms with van der Waals surface area (Å²) < 4.78 is 1.82. The summed E-state index contributed by atoms with van der Waals surface area (Å²) in [6.45, 7) is 3.24. The van der Waals surface area contributed by atoms with Crippen molar-refractivity contribution in [1.82, 2.24) is 20.6 Å². The topological polar surface area (TPSA) is 76.0 Å². The van der Waals surface area contributed by atoms with E-state index in [4.69, 9.17) is 0 Å². The number of aryl methyl sites for hydroxylation is 1. The van der Waals surface area contributed by atoms with E-state index in [2.05, 4.69) is 16.0 Å². The van der Waals surface area contributed by atoms with E-state index >= 15 is 0 Å². The van der Waals surface area contributed by atoms with Gasteiger partial charge in [-0.15, -0.1) is 11.3 Å². The van der Waals surface area contributed by atoms with E-state index in [0.717, 1.165) is 21.6 Å². The lowest BCUT2D eigenvalue weighted by Crippen LogP contribution is -2.39. The Bertz CT molecular complexity index is 851. The number of nitrogens with one attached hydrogen (secondary N) is 2. The number of carbonyl (C=O) groups is 2. The number of hydrogen-bond acceptors (Lipinski definition) is 4. The molecule has 0 radical (unpaired) electrons.